The quantitative estimate of drug-likeness (QED) is 0.694. The first-order valence-corrected chi connectivity index (χ1v) is 7.73. The number of imidazole rings is 1. The molecule has 0 bridgehead atoms. The minimum absolute atomic E-state index is 0.875. The van der Waals surface area contributed by atoms with Gasteiger partial charge in [-0.3, -0.25) is 0 Å². The lowest BCUT2D eigenvalue weighted by atomic mass is 10.00. The molecular weight excluding hydrogens is 268 g/mol. The van der Waals surface area contributed by atoms with Crippen molar-refractivity contribution in [3.63, 3.8) is 0 Å². The number of hydrogen-bond donors (Lipinski definition) is 0. The summed E-state index contributed by atoms with van der Waals surface area (Å²) in [6.07, 6.45) is 4.84. The molecule has 22 heavy (non-hydrogen) atoms. The Labute approximate surface area is 132 Å². The van der Waals surface area contributed by atoms with Gasteiger partial charge in [0.25, 0.3) is 0 Å². The van der Waals surface area contributed by atoms with Gasteiger partial charge in [0.2, 0.25) is 0 Å². The van der Waals surface area contributed by atoms with Gasteiger partial charge in [-0.15, -0.1) is 0 Å². The molecule has 3 aromatic rings. The van der Waals surface area contributed by atoms with Gasteiger partial charge < -0.3 is 4.57 Å². The third-order valence-electron chi connectivity index (χ3n) is 4.36. The van der Waals surface area contributed by atoms with Crippen molar-refractivity contribution in [1.29, 1.82) is 0 Å². The average Bonchev–Trinajstić information content (AvgIpc) is 2.93. The van der Waals surface area contributed by atoms with Crippen LogP contribution >= 0.6 is 0 Å². The molecule has 0 unspecified atom stereocenters. The van der Waals surface area contributed by atoms with Crippen LogP contribution in [0.4, 0.5) is 0 Å². The van der Waals surface area contributed by atoms with Gasteiger partial charge >= 0.3 is 0 Å². The van der Waals surface area contributed by atoms with Gasteiger partial charge in [-0.25, -0.2) is 4.98 Å². The van der Waals surface area contributed by atoms with Gasteiger partial charge in [-0.2, -0.15) is 0 Å². The summed E-state index contributed by atoms with van der Waals surface area (Å²) in [5.74, 6) is 0. The topological polar surface area (TPSA) is 17.8 Å². The molecule has 0 fully saturated rings. The molecule has 0 saturated heterocycles. The van der Waals surface area contributed by atoms with Crippen LogP contribution in [0.5, 0.6) is 0 Å². The smallest absolute Gasteiger partial charge is 0.0951 e. The normalized spacial score (nSPS) is 10.9. The maximum Gasteiger partial charge on any atom is 0.0951 e. The molecule has 0 radical (unpaired) electrons. The van der Waals surface area contributed by atoms with Crippen LogP contribution in [0.15, 0.2) is 55.0 Å². The van der Waals surface area contributed by atoms with E-state index in [2.05, 4.69) is 72.8 Å². The third kappa shape index (κ3) is 3.11. The average molecular weight is 290 g/mol. The van der Waals surface area contributed by atoms with E-state index in [1.54, 1.807) is 0 Å². The van der Waals surface area contributed by atoms with Crippen molar-refractivity contribution in [3.8, 4) is 0 Å². The van der Waals surface area contributed by atoms with Crippen LogP contribution in [-0.2, 0) is 13.0 Å². The second-order valence-electron chi connectivity index (χ2n) is 6.03. The Hall–Kier alpha value is -2.35. The van der Waals surface area contributed by atoms with Crippen LogP contribution in [-0.4, -0.2) is 9.55 Å². The molecule has 0 aliphatic heterocycles. The summed E-state index contributed by atoms with van der Waals surface area (Å²) >= 11 is 0. The fourth-order valence-electron chi connectivity index (χ4n) is 2.73. The first-order chi connectivity index (χ1) is 10.6. The lowest BCUT2D eigenvalue weighted by Crippen LogP contribution is -2.05. The molecule has 0 N–H and O–H groups in total. The second-order valence-corrected chi connectivity index (χ2v) is 6.03. The molecule has 112 valence electrons. The summed E-state index contributed by atoms with van der Waals surface area (Å²) in [7, 11) is 0. The van der Waals surface area contributed by atoms with Crippen molar-refractivity contribution in [2.75, 3.05) is 0 Å². The Balaban J connectivity index is 1.83. The number of hydrogen-bond acceptors (Lipinski definition) is 1. The predicted molar refractivity (Wildman–Crippen MR) is 91.2 cm³/mol. The molecule has 2 nitrogen and oxygen atoms in total. The van der Waals surface area contributed by atoms with Crippen molar-refractivity contribution in [2.45, 2.75) is 33.7 Å². The highest BCUT2D eigenvalue weighted by Gasteiger charge is 2.07. The van der Waals surface area contributed by atoms with Gasteiger partial charge in [0, 0.05) is 24.9 Å². The van der Waals surface area contributed by atoms with Crippen LogP contribution in [0.1, 0.15) is 33.5 Å². The van der Waals surface area contributed by atoms with E-state index < -0.39 is 0 Å². The van der Waals surface area contributed by atoms with Gasteiger partial charge in [-0.1, -0.05) is 48.0 Å². The van der Waals surface area contributed by atoms with E-state index >= 15 is 0 Å². The summed E-state index contributed by atoms with van der Waals surface area (Å²) < 4.78 is 2.24. The first kappa shape index (κ1) is 14.6. The predicted octanol–water partition coefficient (Wildman–Crippen LogP) is 4.45. The Bertz CT molecular complexity index is 767. The van der Waals surface area contributed by atoms with E-state index in [0.717, 1.165) is 13.0 Å². The summed E-state index contributed by atoms with van der Waals surface area (Å²) in [5.41, 5.74) is 7.98. The zero-order valence-corrected chi connectivity index (χ0v) is 13.5. The molecule has 1 heterocycles. The molecule has 2 heteroatoms. The zero-order valence-electron chi connectivity index (χ0n) is 13.5. The van der Waals surface area contributed by atoms with Gasteiger partial charge in [-0.05, 0) is 43.0 Å². The van der Waals surface area contributed by atoms with E-state index in [0.29, 0.717) is 0 Å². The Morgan fingerprint density at radius 3 is 2.50 bits per heavy atom. The minimum atomic E-state index is 0.875. The molecule has 0 atom stereocenters. The number of nitrogens with zero attached hydrogens (tertiary/aromatic N) is 2. The van der Waals surface area contributed by atoms with Crippen molar-refractivity contribution < 1.29 is 0 Å². The number of aryl methyl sites for hydroxylation is 2. The van der Waals surface area contributed by atoms with E-state index in [9.17, 15) is 0 Å². The maximum absolute atomic E-state index is 4.35. The molecule has 0 aliphatic carbocycles. The molecule has 0 spiro atoms. The molecular formula is C20H22N2. The summed E-state index contributed by atoms with van der Waals surface area (Å²) in [6, 6.07) is 15.2. The van der Waals surface area contributed by atoms with E-state index in [1.165, 1.54) is 33.5 Å². The first-order valence-electron chi connectivity index (χ1n) is 7.73. The molecule has 1 aromatic heterocycles. The maximum atomic E-state index is 4.35. The van der Waals surface area contributed by atoms with E-state index in [4.69, 9.17) is 0 Å². The van der Waals surface area contributed by atoms with Gasteiger partial charge in [0.1, 0.15) is 0 Å². The van der Waals surface area contributed by atoms with Crippen LogP contribution in [0.3, 0.4) is 0 Å². The van der Waals surface area contributed by atoms with Gasteiger partial charge in [0.05, 0.1) is 6.33 Å². The fourth-order valence-corrected chi connectivity index (χ4v) is 2.73. The standard InChI is InChI=1S/C20H22N2/c1-15-7-9-18(10-8-15)13-22-14-21-12-20(22)11-19-6-4-5-16(2)17(19)3/h4-10,12,14H,11,13H2,1-3H3. The minimum Gasteiger partial charge on any atom is -0.330 e. The van der Waals surface area contributed by atoms with Crippen LogP contribution in [0.25, 0.3) is 0 Å². The number of aromatic nitrogens is 2. The lowest BCUT2D eigenvalue weighted by molar-refractivity contribution is 0.752. The van der Waals surface area contributed by atoms with Crippen LogP contribution in [0.2, 0.25) is 0 Å². The summed E-state index contributed by atoms with van der Waals surface area (Å²) in [6.45, 7) is 7.36. The third-order valence-corrected chi connectivity index (χ3v) is 4.36. The Kier molecular flexibility index (Phi) is 4.10. The lowest BCUT2D eigenvalue weighted by Gasteiger charge is -2.11. The monoisotopic (exact) mass is 290 g/mol. The summed E-state index contributed by atoms with van der Waals surface area (Å²) in [4.78, 5) is 4.35. The highest BCUT2D eigenvalue weighted by Crippen LogP contribution is 2.17. The second kappa shape index (κ2) is 6.18. The Morgan fingerprint density at radius 1 is 0.955 bits per heavy atom. The summed E-state index contributed by atoms with van der Waals surface area (Å²) in [5, 5.41) is 0. The van der Waals surface area contributed by atoms with Crippen molar-refractivity contribution in [3.05, 3.63) is 88.5 Å². The number of benzene rings is 2. The van der Waals surface area contributed by atoms with Gasteiger partial charge in [0.15, 0.2) is 0 Å². The molecule has 2 aromatic carbocycles. The van der Waals surface area contributed by atoms with Crippen LogP contribution < -0.4 is 0 Å². The van der Waals surface area contributed by atoms with Crippen molar-refractivity contribution in [1.82, 2.24) is 9.55 Å². The highest BCUT2D eigenvalue weighted by molar-refractivity contribution is 5.35. The number of rotatable bonds is 4. The molecule has 0 amide bonds. The zero-order chi connectivity index (χ0) is 15.5. The Morgan fingerprint density at radius 2 is 1.73 bits per heavy atom. The van der Waals surface area contributed by atoms with E-state index in [1.807, 2.05) is 12.5 Å². The van der Waals surface area contributed by atoms with Crippen LogP contribution in [0, 0.1) is 20.8 Å². The fraction of sp³-hybridized carbons (Fsp3) is 0.250. The molecule has 0 aliphatic rings. The van der Waals surface area contributed by atoms with E-state index in [-0.39, 0.29) is 0 Å². The molecule has 0 saturated carbocycles. The molecule has 3 rings (SSSR count). The SMILES string of the molecule is Cc1ccc(Cn2cncc2Cc2cccc(C)c2C)cc1. The highest BCUT2D eigenvalue weighted by atomic mass is 15.0. The largest absolute Gasteiger partial charge is 0.330 e. The van der Waals surface area contributed by atoms with Crippen molar-refractivity contribution >= 4 is 0 Å². The van der Waals surface area contributed by atoms with Crippen molar-refractivity contribution in [2.24, 2.45) is 0 Å².